The minimum absolute atomic E-state index is 0.0935. The summed E-state index contributed by atoms with van der Waals surface area (Å²) >= 11 is 0. The van der Waals surface area contributed by atoms with Crippen LogP contribution in [0.25, 0.3) is 0 Å². The third-order valence-electron chi connectivity index (χ3n) is 3.25. The van der Waals surface area contributed by atoms with Gasteiger partial charge in [-0.1, -0.05) is 6.42 Å². The molecule has 1 fully saturated rings. The van der Waals surface area contributed by atoms with Crippen LogP contribution in [-0.2, 0) is 13.6 Å². The number of hydrogen-bond donors (Lipinski definition) is 2. The van der Waals surface area contributed by atoms with Crippen LogP contribution in [-0.4, -0.2) is 27.3 Å². The maximum Gasteiger partial charge on any atom is 0.0945 e. The van der Waals surface area contributed by atoms with E-state index < -0.39 is 0 Å². The first-order valence-electron chi connectivity index (χ1n) is 5.61. The van der Waals surface area contributed by atoms with Gasteiger partial charge in [0.15, 0.2) is 0 Å². The van der Waals surface area contributed by atoms with E-state index in [2.05, 4.69) is 10.3 Å². The van der Waals surface area contributed by atoms with E-state index in [9.17, 15) is 5.11 Å². The van der Waals surface area contributed by atoms with E-state index in [0.29, 0.717) is 5.92 Å². The molecule has 1 aromatic heterocycles. The molecule has 2 atom stereocenters. The van der Waals surface area contributed by atoms with Crippen molar-refractivity contribution in [2.75, 3.05) is 6.54 Å². The lowest BCUT2D eigenvalue weighted by Crippen LogP contribution is -2.27. The Morgan fingerprint density at radius 1 is 1.60 bits per heavy atom. The van der Waals surface area contributed by atoms with E-state index >= 15 is 0 Å². The van der Waals surface area contributed by atoms with Crippen molar-refractivity contribution in [2.24, 2.45) is 13.0 Å². The quantitative estimate of drug-likeness (QED) is 0.766. The molecule has 15 heavy (non-hydrogen) atoms. The van der Waals surface area contributed by atoms with Gasteiger partial charge in [0, 0.05) is 26.3 Å². The molecule has 1 aliphatic carbocycles. The van der Waals surface area contributed by atoms with Crippen LogP contribution in [0, 0.1) is 5.92 Å². The minimum atomic E-state index is -0.0935. The van der Waals surface area contributed by atoms with Crippen LogP contribution >= 0.6 is 0 Å². The van der Waals surface area contributed by atoms with Gasteiger partial charge in [0.05, 0.1) is 18.1 Å². The summed E-state index contributed by atoms with van der Waals surface area (Å²) in [5.41, 5.74) is 1.18. The second-order valence-corrected chi connectivity index (χ2v) is 4.39. The lowest BCUT2D eigenvalue weighted by Gasteiger charge is -2.14. The van der Waals surface area contributed by atoms with Gasteiger partial charge in [0.25, 0.3) is 0 Å². The molecule has 1 aliphatic rings. The van der Waals surface area contributed by atoms with Crippen molar-refractivity contribution >= 4 is 0 Å². The first kappa shape index (κ1) is 10.6. The highest BCUT2D eigenvalue weighted by atomic mass is 16.3. The van der Waals surface area contributed by atoms with Gasteiger partial charge in [0.2, 0.25) is 0 Å². The number of hydrogen-bond acceptors (Lipinski definition) is 3. The molecule has 0 saturated heterocycles. The Hall–Kier alpha value is -0.870. The summed E-state index contributed by atoms with van der Waals surface area (Å²) in [5, 5.41) is 13.0. The zero-order valence-corrected chi connectivity index (χ0v) is 9.19. The number of rotatable bonds is 4. The smallest absolute Gasteiger partial charge is 0.0945 e. The van der Waals surface area contributed by atoms with Crippen LogP contribution in [0.5, 0.6) is 0 Å². The fraction of sp³-hybridized carbons (Fsp3) is 0.727. The van der Waals surface area contributed by atoms with E-state index in [-0.39, 0.29) is 6.10 Å². The first-order chi connectivity index (χ1) is 7.27. The molecule has 2 rings (SSSR count). The monoisotopic (exact) mass is 209 g/mol. The standard InChI is InChI=1S/C11H19N3O/c1-14-8-13-7-10(14)6-12-5-9-3-2-4-11(9)15/h7-9,11-12,15H,2-6H2,1H3. The Morgan fingerprint density at radius 3 is 3.07 bits per heavy atom. The SMILES string of the molecule is Cn1cncc1CNCC1CCCC1O. The number of aliphatic hydroxyl groups is 1. The Kier molecular flexibility index (Phi) is 3.38. The number of nitrogens with zero attached hydrogens (tertiary/aromatic N) is 2. The Morgan fingerprint density at radius 2 is 2.47 bits per heavy atom. The Balaban J connectivity index is 1.73. The van der Waals surface area contributed by atoms with Crippen molar-refractivity contribution < 1.29 is 5.11 Å². The number of imidazole rings is 1. The van der Waals surface area contributed by atoms with Crippen LogP contribution in [0.2, 0.25) is 0 Å². The van der Waals surface area contributed by atoms with Gasteiger partial charge in [-0.3, -0.25) is 0 Å². The molecule has 0 aliphatic heterocycles. The van der Waals surface area contributed by atoms with E-state index in [0.717, 1.165) is 25.9 Å². The molecule has 2 unspecified atom stereocenters. The number of aliphatic hydroxyl groups excluding tert-OH is 1. The Labute approximate surface area is 90.3 Å². The van der Waals surface area contributed by atoms with Gasteiger partial charge < -0.3 is 15.0 Å². The van der Waals surface area contributed by atoms with Gasteiger partial charge in [-0.25, -0.2) is 4.98 Å². The summed E-state index contributed by atoms with van der Waals surface area (Å²) in [4.78, 5) is 4.06. The molecule has 0 bridgehead atoms. The summed E-state index contributed by atoms with van der Waals surface area (Å²) in [6.07, 6.45) is 6.88. The lowest BCUT2D eigenvalue weighted by atomic mass is 10.1. The topological polar surface area (TPSA) is 50.1 Å². The first-order valence-corrected chi connectivity index (χ1v) is 5.61. The molecule has 84 valence electrons. The highest BCUT2D eigenvalue weighted by molar-refractivity contribution is 4.96. The molecule has 0 radical (unpaired) electrons. The maximum absolute atomic E-state index is 9.64. The van der Waals surface area contributed by atoms with E-state index in [1.807, 2.05) is 17.8 Å². The van der Waals surface area contributed by atoms with Crippen molar-refractivity contribution in [3.63, 3.8) is 0 Å². The molecule has 0 aromatic carbocycles. The zero-order chi connectivity index (χ0) is 10.7. The fourth-order valence-corrected chi connectivity index (χ4v) is 2.20. The average molecular weight is 209 g/mol. The predicted octanol–water partition coefficient (Wildman–Crippen LogP) is 0.671. The second kappa shape index (κ2) is 4.77. The van der Waals surface area contributed by atoms with Crippen LogP contribution in [0.1, 0.15) is 25.0 Å². The van der Waals surface area contributed by atoms with Crippen LogP contribution in [0.15, 0.2) is 12.5 Å². The summed E-state index contributed by atoms with van der Waals surface area (Å²) < 4.78 is 2.01. The second-order valence-electron chi connectivity index (χ2n) is 4.39. The molecule has 4 nitrogen and oxygen atoms in total. The van der Waals surface area contributed by atoms with Gasteiger partial charge in [-0.2, -0.15) is 0 Å². The molecule has 0 amide bonds. The average Bonchev–Trinajstić information content (AvgIpc) is 2.78. The summed E-state index contributed by atoms with van der Waals surface area (Å²) in [6.45, 7) is 1.74. The molecule has 0 spiro atoms. The van der Waals surface area contributed by atoms with Crippen molar-refractivity contribution in [1.82, 2.24) is 14.9 Å². The van der Waals surface area contributed by atoms with Crippen LogP contribution < -0.4 is 5.32 Å². The molecule has 4 heteroatoms. The summed E-state index contributed by atoms with van der Waals surface area (Å²) in [7, 11) is 1.99. The minimum Gasteiger partial charge on any atom is -0.393 e. The third-order valence-corrected chi connectivity index (χ3v) is 3.25. The fourth-order valence-electron chi connectivity index (χ4n) is 2.20. The van der Waals surface area contributed by atoms with Gasteiger partial charge in [-0.15, -0.1) is 0 Å². The normalized spacial score (nSPS) is 26.0. The van der Waals surface area contributed by atoms with E-state index in [1.165, 1.54) is 12.1 Å². The van der Waals surface area contributed by atoms with Gasteiger partial charge in [-0.05, 0) is 18.8 Å². The van der Waals surface area contributed by atoms with Gasteiger partial charge >= 0.3 is 0 Å². The van der Waals surface area contributed by atoms with E-state index in [4.69, 9.17) is 0 Å². The highest BCUT2D eigenvalue weighted by Crippen LogP contribution is 2.24. The maximum atomic E-state index is 9.64. The van der Waals surface area contributed by atoms with Crippen molar-refractivity contribution in [1.29, 1.82) is 0 Å². The molecule has 1 aromatic rings. The van der Waals surface area contributed by atoms with Crippen LogP contribution in [0.3, 0.4) is 0 Å². The Bertz CT molecular complexity index is 311. The highest BCUT2D eigenvalue weighted by Gasteiger charge is 2.24. The summed E-state index contributed by atoms with van der Waals surface area (Å²) in [6, 6.07) is 0. The molecule has 2 N–H and O–H groups in total. The molecule has 1 saturated carbocycles. The molecular weight excluding hydrogens is 190 g/mol. The van der Waals surface area contributed by atoms with Crippen molar-refractivity contribution in [3.8, 4) is 0 Å². The van der Waals surface area contributed by atoms with E-state index in [1.54, 1.807) is 6.33 Å². The van der Waals surface area contributed by atoms with Crippen LogP contribution in [0.4, 0.5) is 0 Å². The number of aromatic nitrogens is 2. The third kappa shape index (κ3) is 2.58. The van der Waals surface area contributed by atoms with Crippen molar-refractivity contribution in [3.05, 3.63) is 18.2 Å². The number of aryl methyl sites for hydroxylation is 1. The zero-order valence-electron chi connectivity index (χ0n) is 9.19. The molecular formula is C11H19N3O. The van der Waals surface area contributed by atoms with Crippen molar-refractivity contribution in [2.45, 2.75) is 31.9 Å². The largest absolute Gasteiger partial charge is 0.393 e. The number of nitrogens with one attached hydrogen (secondary N) is 1. The lowest BCUT2D eigenvalue weighted by molar-refractivity contribution is 0.131. The van der Waals surface area contributed by atoms with Gasteiger partial charge in [0.1, 0.15) is 0 Å². The summed E-state index contributed by atoms with van der Waals surface area (Å²) in [5.74, 6) is 0.443. The molecule has 1 heterocycles. The predicted molar refractivity (Wildman–Crippen MR) is 58.3 cm³/mol.